The number of pyridine rings is 2. The van der Waals surface area contributed by atoms with Crippen LogP contribution in [0.5, 0.6) is 11.5 Å². The molecule has 1 saturated heterocycles. The van der Waals surface area contributed by atoms with Crippen LogP contribution in [0.4, 0.5) is 5.82 Å². The molecule has 0 saturated carbocycles. The third kappa shape index (κ3) is 4.08. The smallest absolute Gasteiger partial charge is 0.138 e. The molecular formula is C24H23N5O2. The number of benzene rings is 1. The lowest BCUT2D eigenvalue weighted by molar-refractivity contribution is 0.122. The summed E-state index contributed by atoms with van der Waals surface area (Å²) in [4.78, 5) is 11.7. The third-order valence-corrected chi connectivity index (χ3v) is 5.54. The molecule has 7 nitrogen and oxygen atoms in total. The number of anilines is 1. The predicted molar refractivity (Wildman–Crippen MR) is 117 cm³/mol. The van der Waals surface area contributed by atoms with Gasteiger partial charge in [0.05, 0.1) is 36.2 Å². The Morgan fingerprint density at radius 3 is 2.77 bits per heavy atom. The molecule has 0 unspecified atom stereocenters. The first-order chi connectivity index (χ1) is 15.2. The molecule has 0 spiro atoms. The van der Waals surface area contributed by atoms with Gasteiger partial charge in [-0.3, -0.25) is 4.98 Å². The monoisotopic (exact) mass is 413 g/mol. The Labute approximate surface area is 181 Å². The fraction of sp³-hybridized carbons (Fsp3) is 0.292. The highest BCUT2D eigenvalue weighted by atomic mass is 16.5. The molecule has 2 aliphatic rings. The number of nitrogens with zero attached hydrogens (tertiary/aromatic N) is 4. The summed E-state index contributed by atoms with van der Waals surface area (Å²) in [6.07, 6.45) is 0. The Kier molecular flexibility index (Phi) is 5.24. The molecule has 1 N–H and O–H groups in total. The number of hydrogen-bond acceptors (Lipinski definition) is 7. The average Bonchev–Trinajstić information content (AvgIpc) is 3.27. The molecule has 0 radical (unpaired) electrons. The fourth-order valence-corrected chi connectivity index (χ4v) is 3.96. The van der Waals surface area contributed by atoms with Gasteiger partial charge in [0, 0.05) is 49.6 Å². The number of rotatable bonds is 4. The molecule has 1 fully saturated rings. The van der Waals surface area contributed by atoms with Gasteiger partial charge in [-0.25, -0.2) is 4.98 Å². The van der Waals surface area contributed by atoms with E-state index in [0.29, 0.717) is 30.3 Å². The molecule has 2 aliphatic heterocycles. The maximum absolute atomic E-state index is 9.42. The standard InChI is InChI=1S/C24H23N5O2/c1-16-10-19(12-24(27-16)29-6-8-30-9-7-29)31-23-11-17(13-25)2-4-20(23)21-5-3-18-14-26-15-22(18)28-21/h2-5,10-12,26H,6-9,14-15H2,1H3. The number of morpholine rings is 1. The maximum Gasteiger partial charge on any atom is 0.138 e. The Balaban J connectivity index is 1.51. The first-order valence-corrected chi connectivity index (χ1v) is 10.4. The van der Waals surface area contributed by atoms with Gasteiger partial charge in [-0.2, -0.15) is 5.26 Å². The normalized spacial score (nSPS) is 15.4. The largest absolute Gasteiger partial charge is 0.456 e. The molecule has 1 aromatic carbocycles. The van der Waals surface area contributed by atoms with Crippen molar-refractivity contribution in [1.29, 1.82) is 5.26 Å². The Morgan fingerprint density at radius 1 is 1.06 bits per heavy atom. The van der Waals surface area contributed by atoms with Crippen LogP contribution in [-0.2, 0) is 17.8 Å². The van der Waals surface area contributed by atoms with Crippen molar-refractivity contribution in [2.24, 2.45) is 0 Å². The quantitative estimate of drug-likeness (QED) is 0.700. The highest BCUT2D eigenvalue weighted by molar-refractivity contribution is 5.70. The number of aromatic nitrogens is 2. The molecular weight excluding hydrogens is 390 g/mol. The second kappa shape index (κ2) is 8.34. The van der Waals surface area contributed by atoms with Crippen molar-refractivity contribution in [3.05, 3.63) is 65.0 Å². The zero-order chi connectivity index (χ0) is 21.2. The van der Waals surface area contributed by atoms with Crippen LogP contribution in [0.1, 0.15) is 22.5 Å². The van der Waals surface area contributed by atoms with E-state index in [0.717, 1.165) is 54.6 Å². The van der Waals surface area contributed by atoms with Gasteiger partial charge in [0.2, 0.25) is 0 Å². The Hall–Kier alpha value is -3.47. The van der Waals surface area contributed by atoms with Crippen molar-refractivity contribution < 1.29 is 9.47 Å². The number of nitriles is 1. The fourth-order valence-electron chi connectivity index (χ4n) is 3.96. The molecule has 3 aromatic rings. The Morgan fingerprint density at radius 2 is 1.94 bits per heavy atom. The van der Waals surface area contributed by atoms with E-state index in [9.17, 15) is 5.26 Å². The van der Waals surface area contributed by atoms with Gasteiger partial charge in [-0.15, -0.1) is 0 Å². The molecule has 0 amide bonds. The number of ether oxygens (including phenoxy) is 2. The lowest BCUT2D eigenvalue weighted by Gasteiger charge is -2.28. The molecule has 2 aromatic heterocycles. The number of fused-ring (bicyclic) bond motifs is 1. The highest BCUT2D eigenvalue weighted by Crippen LogP contribution is 2.35. The van der Waals surface area contributed by atoms with Crippen molar-refractivity contribution in [2.75, 3.05) is 31.2 Å². The number of hydrogen-bond donors (Lipinski definition) is 1. The molecule has 156 valence electrons. The van der Waals surface area contributed by atoms with E-state index >= 15 is 0 Å². The Bertz CT molecular complexity index is 1170. The van der Waals surface area contributed by atoms with Crippen LogP contribution < -0.4 is 15.0 Å². The minimum atomic E-state index is 0.542. The van der Waals surface area contributed by atoms with E-state index in [1.54, 1.807) is 12.1 Å². The molecule has 7 heteroatoms. The number of nitrogens with one attached hydrogen (secondary N) is 1. The van der Waals surface area contributed by atoms with Gasteiger partial charge in [-0.1, -0.05) is 6.07 Å². The van der Waals surface area contributed by atoms with Crippen LogP contribution in [-0.4, -0.2) is 36.3 Å². The summed E-state index contributed by atoms with van der Waals surface area (Å²) in [5.74, 6) is 2.17. The van der Waals surface area contributed by atoms with Gasteiger partial charge in [0.25, 0.3) is 0 Å². The van der Waals surface area contributed by atoms with Gasteiger partial charge >= 0.3 is 0 Å². The van der Waals surface area contributed by atoms with E-state index in [4.69, 9.17) is 14.5 Å². The van der Waals surface area contributed by atoms with Crippen LogP contribution in [0.3, 0.4) is 0 Å². The summed E-state index contributed by atoms with van der Waals surface area (Å²) in [5.41, 5.74) is 5.39. The molecule has 0 bridgehead atoms. The predicted octanol–water partition coefficient (Wildman–Crippen LogP) is 3.56. The topological polar surface area (TPSA) is 83.3 Å². The highest BCUT2D eigenvalue weighted by Gasteiger charge is 2.18. The second-order valence-electron chi connectivity index (χ2n) is 7.73. The van der Waals surface area contributed by atoms with Gasteiger partial charge in [0.15, 0.2) is 0 Å². The summed E-state index contributed by atoms with van der Waals surface area (Å²) in [7, 11) is 0. The summed E-state index contributed by atoms with van der Waals surface area (Å²) in [6.45, 7) is 6.56. The lowest BCUT2D eigenvalue weighted by atomic mass is 10.1. The van der Waals surface area contributed by atoms with Gasteiger partial charge < -0.3 is 19.7 Å². The third-order valence-electron chi connectivity index (χ3n) is 5.54. The SMILES string of the molecule is Cc1cc(Oc2cc(C#N)ccc2-c2ccc3c(n2)CNC3)cc(N2CCOCC2)n1. The van der Waals surface area contributed by atoms with Crippen LogP contribution in [0.25, 0.3) is 11.3 Å². The van der Waals surface area contributed by atoms with Gasteiger partial charge in [-0.05, 0) is 36.8 Å². The van der Waals surface area contributed by atoms with Crippen molar-refractivity contribution in [3.8, 4) is 28.8 Å². The van der Waals surface area contributed by atoms with Crippen molar-refractivity contribution >= 4 is 5.82 Å². The van der Waals surface area contributed by atoms with E-state index < -0.39 is 0 Å². The van der Waals surface area contributed by atoms with Crippen LogP contribution in [0.2, 0.25) is 0 Å². The number of aryl methyl sites for hydroxylation is 1. The van der Waals surface area contributed by atoms with Crippen LogP contribution in [0.15, 0.2) is 42.5 Å². The van der Waals surface area contributed by atoms with Gasteiger partial charge in [0.1, 0.15) is 17.3 Å². The zero-order valence-electron chi connectivity index (χ0n) is 17.4. The minimum absolute atomic E-state index is 0.542. The van der Waals surface area contributed by atoms with E-state index in [1.807, 2.05) is 31.2 Å². The summed E-state index contributed by atoms with van der Waals surface area (Å²) in [6, 6.07) is 15.6. The summed E-state index contributed by atoms with van der Waals surface area (Å²) >= 11 is 0. The average molecular weight is 413 g/mol. The summed E-state index contributed by atoms with van der Waals surface area (Å²) in [5, 5.41) is 12.7. The minimum Gasteiger partial charge on any atom is -0.456 e. The van der Waals surface area contributed by atoms with Crippen molar-refractivity contribution in [3.63, 3.8) is 0 Å². The molecule has 0 atom stereocenters. The summed E-state index contributed by atoms with van der Waals surface area (Å²) < 4.78 is 11.8. The molecule has 0 aliphatic carbocycles. The van der Waals surface area contributed by atoms with Crippen LogP contribution in [0, 0.1) is 18.3 Å². The van der Waals surface area contributed by atoms with E-state index in [1.165, 1.54) is 5.56 Å². The lowest BCUT2D eigenvalue weighted by Crippen LogP contribution is -2.36. The zero-order valence-corrected chi connectivity index (χ0v) is 17.4. The van der Waals surface area contributed by atoms with Crippen molar-refractivity contribution in [1.82, 2.24) is 15.3 Å². The van der Waals surface area contributed by atoms with Crippen LogP contribution >= 0.6 is 0 Å². The maximum atomic E-state index is 9.42. The second-order valence-corrected chi connectivity index (χ2v) is 7.73. The van der Waals surface area contributed by atoms with E-state index in [-0.39, 0.29) is 0 Å². The first-order valence-electron chi connectivity index (χ1n) is 10.4. The molecule has 31 heavy (non-hydrogen) atoms. The first kappa shape index (κ1) is 19.5. The van der Waals surface area contributed by atoms with Crippen molar-refractivity contribution in [2.45, 2.75) is 20.0 Å². The molecule has 4 heterocycles. The molecule has 5 rings (SSSR count). The van der Waals surface area contributed by atoms with E-state index in [2.05, 4.69) is 27.3 Å².